The number of benzene rings is 8. The molecule has 0 saturated carbocycles. The van der Waals surface area contributed by atoms with Crippen LogP contribution in [0.1, 0.15) is 5.56 Å². The second-order valence-corrected chi connectivity index (χ2v) is 16.5. The van der Waals surface area contributed by atoms with E-state index in [0.29, 0.717) is 21.7 Å². The molecule has 0 bridgehead atoms. The summed E-state index contributed by atoms with van der Waals surface area (Å²) in [6, 6.07) is 58.1. The quantitative estimate of drug-likeness (QED) is 0.176. The van der Waals surface area contributed by atoms with Crippen molar-refractivity contribution < 1.29 is 17.4 Å². The van der Waals surface area contributed by atoms with Crippen molar-refractivity contribution in [3.63, 3.8) is 0 Å². The van der Waals surface area contributed by atoms with Gasteiger partial charge in [-0.15, -0.1) is 0 Å². The van der Waals surface area contributed by atoms with Gasteiger partial charge in [0.25, 0.3) is 0 Å². The molecule has 8 aromatic carbocycles. The van der Waals surface area contributed by atoms with Crippen molar-refractivity contribution in [1.82, 2.24) is 9.13 Å². The lowest BCUT2D eigenvalue weighted by molar-refractivity contribution is -0.137. The molecule has 0 radical (unpaired) electrons. The molecule has 3 heterocycles. The SMILES string of the molecule is O=S1(c2ccccc2)=Nc2ccc(-n3c4ccccc4c4cc(-c5ccc6c(c5)c5ccccc5n6-c5ccccc5)ccc43)cc2-c2ccc(C(F)(F)F)cc21. The maximum atomic E-state index is 14.7. The molecule has 1 unspecified atom stereocenters. The van der Waals surface area contributed by atoms with Gasteiger partial charge in [-0.2, -0.15) is 17.5 Å². The van der Waals surface area contributed by atoms with Gasteiger partial charge in [-0.05, 0) is 102 Å². The first-order valence-electron chi connectivity index (χ1n) is 18.6. The van der Waals surface area contributed by atoms with E-state index in [1.54, 1.807) is 30.3 Å². The van der Waals surface area contributed by atoms with Crippen LogP contribution in [0.15, 0.2) is 196 Å². The van der Waals surface area contributed by atoms with Crippen LogP contribution in [-0.2, 0) is 15.9 Å². The van der Waals surface area contributed by atoms with Crippen LogP contribution < -0.4 is 0 Å². The number of hydrogen-bond donors (Lipinski definition) is 0. The Bertz CT molecular complexity index is 3390. The zero-order valence-corrected chi connectivity index (χ0v) is 30.9. The topological polar surface area (TPSA) is 39.3 Å². The van der Waals surface area contributed by atoms with E-state index < -0.39 is 21.5 Å². The Kier molecular flexibility index (Phi) is 7.22. The minimum Gasteiger partial charge on any atom is -0.309 e. The molecule has 1 aliphatic rings. The van der Waals surface area contributed by atoms with E-state index in [2.05, 4.69) is 106 Å². The molecule has 2 aromatic heterocycles. The zero-order chi connectivity index (χ0) is 38.5. The minimum absolute atomic E-state index is 0.0592. The van der Waals surface area contributed by atoms with Crippen LogP contribution in [0.25, 0.3) is 77.2 Å². The number of aromatic nitrogens is 2. The maximum Gasteiger partial charge on any atom is 0.416 e. The molecule has 1 atom stereocenters. The zero-order valence-electron chi connectivity index (χ0n) is 30.1. The second kappa shape index (κ2) is 12.3. The first-order chi connectivity index (χ1) is 27.8. The van der Waals surface area contributed by atoms with Gasteiger partial charge >= 0.3 is 6.18 Å². The van der Waals surface area contributed by atoms with Crippen LogP contribution >= 0.6 is 0 Å². The standard InChI is InChI=1S/C49H30F3N3OS/c50-49(51,52)33-21-23-39-40-30-35(22-24-43(40)53-57(56,48(39)29-33)36-13-5-2-6-14-36)55-45-18-10-8-16-38(45)42-28-32(20-26-47(42)55)31-19-25-46-41(27-31)37-15-7-9-17-44(37)54(46)34-11-3-1-4-12-34/h1-30H. The van der Waals surface area contributed by atoms with Gasteiger partial charge in [0.05, 0.1) is 43.1 Å². The number of para-hydroxylation sites is 3. The van der Waals surface area contributed by atoms with E-state index >= 15 is 0 Å². The van der Waals surface area contributed by atoms with Gasteiger partial charge in [0.15, 0.2) is 0 Å². The minimum atomic E-state index is -4.61. The molecule has 0 aliphatic carbocycles. The second-order valence-electron chi connectivity index (χ2n) is 14.3. The van der Waals surface area contributed by atoms with E-state index in [-0.39, 0.29) is 4.90 Å². The van der Waals surface area contributed by atoms with Crippen LogP contribution in [0.5, 0.6) is 0 Å². The van der Waals surface area contributed by atoms with E-state index in [4.69, 9.17) is 4.36 Å². The fourth-order valence-corrected chi connectivity index (χ4v) is 10.7. The Morgan fingerprint density at radius 2 is 1.00 bits per heavy atom. The molecule has 0 N–H and O–H groups in total. The van der Waals surface area contributed by atoms with Crippen molar-refractivity contribution in [1.29, 1.82) is 0 Å². The largest absolute Gasteiger partial charge is 0.416 e. The van der Waals surface area contributed by atoms with E-state index in [1.165, 1.54) is 16.8 Å². The molecule has 11 rings (SSSR count). The third-order valence-electron chi connectivity index (χ3n) is 11.1. The van der Waals surface area contributed by atoms with E-state index in [1.807, 2.05) is 36.4 Å². The summed E-state index contributed by atoms with van der Waals surface area (Å²) < 4.78 is 66.1. The van der Waals surface area contributed by atoms with Crippen molar-refractivity contribution in [2.24, 2.45) is 4.36 Å². The van der Waals surface area contributed by atoms with E-state index in [9.17, 15) is 17.4 Å². The summed E-state index contributed by atoms with van der Waals surface area (Å²) in [4.78, 5) is 0.420. The number of fused-ring (bicyclic) bond motifs is 9. The van der Waals surface area contributed by atoms with Gasteiger partial charge in [-0.3, -0.25) is 0 Å². The highest BCUT2D eigenvalue weighted by Crippen LogP contribution is 2.47. The van der Waals surface area contributed by atoms with Crippen LogP contribution in [0, 0.1) is 0 Å². The molecule has 8 heteroatoms. The summed E-state index contributed by atoms with van der Waals surface area (Å²) in [5, 5.41) is 4.50. The lowest BCUT2D eigenvalue weighted by Gasteiger charge is -2.23. The van der Waals surface area contributed by atoms with Crippen LogP contribution in [0.4, 0.5) is 18.9 Å². The molecular weight excluding hydrogens is 736 g/mol. The molecular formula is C49H30F3N3OS. The molecule has 0 amide bonds. The first kappa shape index (κ1) is 33.4. The predicted molar refractivity (Wildman–Crippen MR) is 224 cm³/mol. The Morgan fingerprint density at radius 3 is 1.61 bits per heavy atom. The Morgan fingerprint density at radius 1 is 0.456 bits per heavy atom. The highest BCUT2D eigenvalue weighted by Gasteiger charge is 2.35. The third kappa shape index (κ3) is 5.10. The number of alkyl halides is 3. The van der Waals surface area contributed by atoms with E-state index in [0.717, 1.165) is 67.5 Å². The number of halogens is 3. The molecule has 0 fully saturated rings. The van der Waals surface area contributed by atoms with Gasteiger partial charge in [-0.25, -0.2) is 4.21 Å². The fourth-order valence-electron chi connectivity index (χ4n) is 8.52. The van der Waals surface area contributed by atoms with Gasteiger partial charge in [-0.1, -0.05) is 91.0 Å². The van der Waals surface area contributed by atoms with Crippen molar-refractivity contribution in [2.45, 2.75) is 16.0 Å². The molecule has 0 saturated heterocycles. The van der Waals surface area contributed by atoms with Gasteiger partial charge in [0.1, 0.15) is 9.73 Å². The maximum absolute atomic E-state index is 14.7. The molecule has 57 heavy (non-hydrogen) atoms. The number of nitrogens with zero attached hydrogens (tertiary/aromatic N) is 3. The normalized spacial score (nSPS) is 15.2. The van der Waals surface area contributed by atoms with Crippen LogP contribution in [-0.4, -0.2) is 13.3 Å². The monoisotopic (exact) mass is 765 g/mol. The van der Waals surface area contributed by atoms with Crippen molar-refractivity contribution in [3.05, 3.63) is 188 Å². The van der Waals surface area contributed by atoms with Gasteiger partial charge in [0, 0.05) is 44.0 Å². The van der Waals surface area contributed by atoms with Crippen molar-refractivity contribution in [3.8, 4) is 33.6 Å². The van der Waals surface area contributed by atoms with Gasteiger partial charge in [0.2, 0.25) is 0 Å². The van der Waals surface area contributed by atoms with Crippen molar-refractivity contribution in [2.75, 3.05) is 0 Å². The average molecular weight is 766 g/mol. The lowest BCUT2D eigenvalue weighted by Crippen LogP contribution is -2.11. The molecule has 274 valence electrons. The summed E-state index contributed by atoms with van der Waals surface area (Å²) in [7, 11) is -3.41. The first-order valence-corrected chi connectivity index (χ1v) is 20.1. The summed E-state index contributed by atoms with van der Waals surface area (Å²) in [5.41, 5.74) is 9.06. The highest BCUT2D eigenvalue weighted by atomic mass is 32.2. The van der Waals surface area contributed by atoms with Crippen LogP contribution in [0.2, 0.25) is 0 Å². The Hall–Kier alpha value is -6.90. The summed E-state index contributed by atoms with van der Waals surface area (Å²) in [6.07, 6.45) is -4.61. The molecule has 1 aliphatic heterocycles. The molecule has 0 spiro atoms. The molecule has 10 aromatic rings. The smallest absolute Gasteiger partial charge is 0.309 e. The van der Waals surface area contributed by atoms with Gasteiger partial charge < -0.3 is 9.13 Å². The van der Waals surface area contributed by atoms with Crippen molar-refractivity contribution >= 4 is 59.0 Å². The summed E-state index contributed by atoms with van der Waals surface area (Å²) >= 11 is 0. The third-order valence-corrected chi connectivity index (χ3v) is 13.4. The number of hydrogen-bond acceptors (Lipinski definition) is 2. The highest BCUT2D eigenvalue weighted by molar-refractivity contribution is 7.94. The average Bonchev–Trinajstić information content (AvgIpc) is 3.76. The summed E-state index contributed by atoms with van der Waals surface area (Å²) in [6.45, 7) is 0. The molecule has 4 nitrogen and oxygen atoms in total. The lowest BCUT2D eigenvalue weighted by atomic mass is 10.0. The van der Waals surface area contributed by atoms with Crippen LogP contribution in [0.3, 0.4) is 0 Å². The predicted octanol–water partition coefficient (Wildman–Crippen LogP) is 13.8. The number of rotatable bonds is 4. The summed E-state index contributed by atoms with van der Waals surface area (Å²) in [5.74, 6) is 0. The Balaban J connectivity index is 1.08. The Labute approximate surface area is 325 Å². The fraction of sp³-hybridized carbons (Fsp3) is 0.0204.